The third-order valence-electron chi connectivity index (χ3n) is 5.13. The fraction of sp³-hybridized carbons (Fsp3) is 0.364. The Morgan fingerprint density at radius 1 is 0.926 bits per heavy atom. The molecule has 5 heteroatoms. The molecule has 142 valence electrons. The molecule has 0 N–H and O–H groups in total. The van der Waals surface area contributed by atoms with Crippen LogP contribution < -0.4 is 4.90 Å². The van der Waals surface area contributed by atoms with Crippen molar-refractivity contribution >= 4 is 17.5 Å². The van der Waals surface area contributed by atoms with E-state index in [1.54, 1.807) is 0 Å². The van der Waals surface area contributed by atoms with Crippen LogP contribution in [0.5, 0.6) is 0 Å². The minimum Gasteiger partial charge on any atom is -0.378 e. The molecule has 0 bridgehead atoms. The third kappa shape index (κ3) is 4.48. The van der Waals surface area contributed by atoms with Gasteiger partial charge in [-0.25, -0.2) is 0 Å². The van der Waals surface area contributed by atoms with Crippen LogP contribution in [-0.4, -0.2) is 61.9 Å². The number of carbonyl (C=O) groups excluding carboxylic acids is 2. The van der Waals surface area contributed by atoms with Crippen molar-refractivity contribution in [3.05, 3.63) is 65.2 Å². The van der Waals surface area contributed by atoms with E-state index in [0.717, 1.165) is 16.8 Å². The van der Waals surface area contributed by atoms with Crippen molar-refractivity contribution in [3.8, 4) is 0 Å². The van der Waals surface area contributed by atoms with Gasteiger partial charge in [-0.2, -0.15) is 0 Å². The first kappa shape index (κ1) is 19.0. The van der Waals surface area contributed by atoms with Gasteiger partial charge in [0.05, 0.1) is 6.42 Å². The number of aryl methyl sites for hydroxylation is 1. The maximum atomic E-state index is 12.8. The summed E-state index contributed by atoms with van der Waals surface area (Å²) >= 11 is 0. The summed E-state index contributed by atoms with van der Waals surface area (Å²) in [6.07, 6.45) is 0.422. The molecule has 0 saturated carbocycles. The molecule has 0 aromatic heterocycles. The van der Waals surface area contributed by atoms with Gasteiger partial charge in [-0.3, -0.25) is 9.59 Å². The van der Waals surface area contributed by atoms with Crippen molar-refractivity contribution in [1.82, 2.24) is 9.80 Å². The molecular formula is C22H27N3O2. The van der Waals surface area contributed by atoms with E-state index in [4.69, 9.17) is 0 Å². The summed E-state index contributed by atoms with van der Waals surface area (Å²) in [5.41, 5.74) is 3.91. The lowest BCUT2D eigenvalue weighted by atomic mass is 10.1. The van der Waals surface area contributed by atoms with Crippen LogP contribution in [0.4, 0.5) is 5.69 Å². The molecule has 1 heterocycles. The molecule has 2 aromatic rings. The van der Waals surface area contributed by atoms with Crippen molar-refractivity contribution < 1.29 is 9.59 Å². The fourth-order valence-electron chi connectivity index (χ4n) is 3.34. The Morgan fingerprint density at radius 2 is 1.59 bits per heavy atom. The molecule has 1 aliphatic rings. The summed E-state index contributed by atoms with van der Waals surface area (Å²) in [7, 11) is 3.92. The lowest BCUT2D eigenvalue weighted by molar-refractivity contribution is -0.131. The molecule has 0 unspecified atom stereocenters. The van der Waals surface area contributed by atoms with Gasteiger partial charge in [0.15, 0.2) is 0 Å². The normalized spacial score (nSPS) is 14.2. The molecule has 0 radical (unpaired) electrons. The van der Waals surface area contributed by atoms with Gasteiger partial charge in [0, 0.05) is 51.5 Å². The summed E-state index contributed by atoms with van der Waals surface area (Å²) in [5.74, 6) is 0.163. The van der Waals surface area contributed by atoms with Crippen molar-refractivity contribution in [2.24, 2.45) is 0 Å². The van der Waals surface area contributed by atoms with Crippen molar-refractivity contribution in [1.29, 1.82) is 0 Å². The highest BCUT2D eigenvalue weighted by Gasteiger charge is 2.25. The zero-order valence-electron chi connectivity index (χ0n) is 16.3. The Balaban J connectivity index is 1.58. The van der Waals surface area contributed by atoms with Gasteiger partial charge in [0.1, 0.15) is 0 Å². The number of anilines is 1. The molecule has 2 amide bonds. The average molecular weight is 365 g/mol. The predicted octanol–water partition coefficient (Wildman–Crippen LogP) is 2.59. The molecule has 1 aliphatic heterocycles. The van der Waals surface area contributed by atoms with Gasteiger partial charge in [-0.05, 0) is 36.2 Å². The Bertz CT molecular complexity index is 824. The van der Waals surface area contributed by atoms with E-state index in [1.165, 1.54) is 0 Å². The first-order chi connectivity index (χ1) is 13.0. The maximum Gasteiger partial charge on any atom is 0.254 e. The summed E-state index contributed by atoms with van der Waals surface area (Å²) in [4.78, 5) is 31.1. The molecule has 0 aliphatic carbocycles. The zero-order chi connectivity index (χ0) is 19.4. The number of amides is 2. The fourth-order valence-corrected chi connectivity index (χ4v) is 3.34. The van der Waals surface area contributed by atoms with Crippen LogP contribution in [-0.2, 0) is 11.2 Å². The van der Waals surface area contributed by atoms with Crippen LogP contribution in [0, 0.1) is 6.92 Å². The molecular weight excluding hydrogens is 338 g/mol. The number of hydrogen-bond acceptors (Lipinski definition) is 3. The van der Waals surface area contributed by atoms with Gasteiger partial charge in [-0.15, -0.1) is 0 Å². The van der Waals surface area contributed by atoms with Crippen LogP contribution in [0.25, 0.3) is 0 Å². The van der Waals surface area contributed by atoms with Crippen molar-refractivity contribution in [2.75, 3.05) is 45.2 Å². The minimum atomic E-state index is 0.0321. The average Bonchev–Trinajstić information content (AvgIpc) is 2.69. The van der Waals surface area contributed by atoms with E-state index in [9.17, 15) is 9.59 Å². The molecule has 2 aromatic carbocycles. The lowest BCUT2D eigenvalue weighted by Crippen LogP contribution is -2.51. The summed E-state index contributed by atoms with van der Waals surface area (Å²) in [5, 5.41) is 0. The number of nitrogens with zero attached hydrogens (tertiary/aromatic N) is 3. The van der Waals surface area contributed by atoms with Crippen LogP contribution in [0.2, 0.25) is 0 Å². The Kier molecular flexibility index (Phi) is 5.79. The molecule has 1 saturated heterocycles. The topological polar surface area (TPSA) is 43.9 Å². The van der Waals surface area contributed by atoms with Crippen LogP contribution >= 0.6 is 0 Å². The first-order valence-electron chi connectivity index (χ1n) is 9.34. The number of rotatable bonds is 4. The highest BCUT2D eigenvalue weighted by molar-refractivity contribution is 5.95. The predicted molar refractivity (Wildman–Crippen MR) is 108 cm³/mol. The van der Waals surface area contributed by atoms with Crippen molar-refractivity contribution in [3.63, 3.8) is 0 Å². The van der Waals surface area contributed by atoms with Crippen LogP contribution in [0.1, 0.15) is 21.5 Å². The second-order valence-electron chi connectivity index (χ2n) is 7.22. The van der Waals surface area contributed by atoms with E-state index >= 15 is 0 Å². The largest absolute Gasteiger partial charge is 0.378 e. The number of piperazine rings is 1. The molecule has 27 heavy (non-hydrogen) atoms. The zero-order valence-corrected chi connectivity index (χ0v) is 16.3. The van der Waals surface area contributed by atoms with E-state index in [2.05, 4.69) is 0 Å². The van der Waals surface area contributed by atoms with Gasteiger partial charge in [0.25, 0.3) is 5.91 Å². The van der Waals surface area contributed by atoms with Crippen LogP contribution in [0.15, 0.2) is 48.5 Å². The highest BCUT2D eigenvalue weighted by atomic mass is 16.2. The lowest BCUT2D eigenvalue weighted by Gasteiger charge is -2.35. The number of carbonyl (C=O) groups is 2. The van der Waals surface area contributed by atoms with Crippen molar-refractivity contribution in [2.45, 2.75) is 13.3 Å². The van der Waals surface area contributed by atoms with E-state index in [0.29, 0.717) is 38.2 Å². The number of hydrogen-bond donors (Lipinski definition) is 0. The van der Waals surface area contributed by atoms with E-state index in [1.807, 2.05) is 84.2 Å². The summed E-state index contributed by atoms with van der Waals surface area (Å²) in [6, 6.07) is 15.6. The molecule has 1 fully saturated rings. The third-order valence-corrected chi connectivity index (χ3v) is 5.13. The van der Waals surface area contributed by atoms with Gasteiger partial charge >= 0.3 is 0 Å². The Morgan fingerprint density at radius 3 is 2.26 bits per heavy atom. The van der Waals surface area contributed by atoms with Crippen LogP contribution in [0.3, 0.4) is 0 Å². The molecule has 3 rings (SSSR count). The Hall–Kier alpha value is -2.82. The van der Waals surface area contributed by atoms with Gasteiger partial charge in [0.2, 0.25) is 5.91 Å². The summed E-state index contributed by atoms with van der Waals surface area (Å²) in [6.45, 7) is 4.35. The van der Waals surface area contributed by atoms with Gasteiger partial charge in [-0.1, -0.05) is 30.3 Å². The minimum absolute atomic E-state index is 0.0321. The van der Waals surface area contributed by atoms with Gasteiger partial charge < -0.3 is 14.7 Å². The highest BCUT2D eigenvalue weighted by Crippen LogP contribution is 2.17. The molecule has 0 spiro atoms. The SMILES string of the molecule is Cc1ccccc1CC(=O)N1CCN(C(=O)c2cccc(N(C)C)c2)CC1. The first-order valence-corrected chi connectivity index (χ1v) is 9.34. The standard InChI is InChI=1S/C22H27N3O2/c1-17-7-4-5-8-18(17)16-21(26)24-11-13-25(14-12-24)22(27)19-9-6-10-20(15-19)23(2)3/h4-10,15H,11-14,16H2,1-3H3. The maximum absolute atomic E-state index is 12.8. The monoisotopic (exact) mass is 365 g/mol. The van der Waals surface area contributed by atoms with E-state index in [-0.39, 0.29) is 11.8 Å². The quantitative estimate of drug-likeness (QED) is 0.837. The molecule has 5 nitrogen and oxygen atoms in total. The second kappa shape index (κ2) is 8.25. The summed E-state index contributed by atoms with van der Waals surface area (Å²) < 4.78 is 0. The number of benzene rings is 2. The second-order valence-corrected chi connectivity index (χ2v) is 7.22. The van der Waals surface area contributed by atoms with E-state index < -0.39 is 0 Å². The Labute approximate surface area is 161 Å². The smallest absolute Gasteiger partial charge is 0.254 e. The molecule has 0 atom stereocenters.